The molecule has 3 heterocycles. The molecule has 10 heteroatoms. The van der Waals surface area contributed by atoms with Gasteiger partial charge >= 0.3 is 0 Å². The summed E-state index contributed by atoms with van der Waals surface area (Å²) < 4.78 is 27.4. The lowest BCUT2D eigenvalue weighted by atomic mass is 10.1. The second-order valence-corrected chi connectivity index (χ2v) is 12.2. The van der Waals surface area contributed by atoms with E-state index in [0.29, 0.717) is 26.1 Å². The summed E-state index contributed by atoms with van der Waals surface area (Å²) in [5, 5.41) is 7.62. The molecule has 6 nitrogen and oxygen atoms in total. The van der Waals surface area contributed by atoms with Gasteiger partial charge in [0, 0.05) is 42.1 Å². The maximum Gasteiger partial charge on any atom is 0.262 e. The van der Waals surface area contributed by atoms with Gasteiger partial charge in [0.15, 0.2) is 0 Å². The first-order chi connectivity index (χ1) is 14.9. The number of carbonyl (C=O) groups excluding carboxylic acids is 1. The number of nitrogens with one attached hydrogen (secondary N) is 1. The number of benzene rings is 1. The van der Waals surface area contributed by atoms with Crippen LogP contribution in [0.3, 0.4) is 0 Å². The van der Waals surface area contributed by atoms with Gasteiger partial charge < -0.3 is 5.32 Å². The predicted octanol–water partition coefficient (Wildman–Crippen LogP) is 3.89. The highest BCUT2D eigenvalue weighted by molar-refractivity contribution is 7.99. The molecule has 1 aliphatic heterocycles. The van der Waals surface area contributed by atoms with Crippen molar-refractivity contribution in [3.05, 3.63) is 56.5 Å². The summed E-state index contributed by atoms with van der Waals surface area (Å²) >= 11 is 4.54. The first kappa shape index (κ1) is 22.5. The van der Waals surface area contributed by atoms with Gasteiger partial charge in [0.2, 0.25) is 10.0 Å². The third-order valence-corrected chi connectivity index (χ3v) is 9.69. The minimum atomic E-state index is -3.64. The molecule has 1 saturated heterocycles. The normalized spacial score (nSPS) is 15.1. The number of sulfonamides is 1. The van der Waals surface area contributed by atoms with Crippen LogP contribution in [0.25, 0.3) is 11.3 Å². The number of nitrogens with zero attached hydrogens (tertiary/aromatic N) is 2. The van der Waals surface area contributed by atoms with Crippen LogP contribution in [0.2, 0.25) is 0 Å². The van der Waals surface area contributed by atoms with Crippen LogP contribution in [0.1, 0.15) is 20.2 Å². The number of aryl methyl sites for hydroxylation is 1. The third kappa shape index (κ3) is 5.20. The van der Waals surface area contributed by atoms with Crippen molar-refractivity contribution < 1.29 is 13.2 Å². The quantitative estimate of drug-likeness (QED) is 0.540. The standard InChI is InChI=1S/C21H23N3O3S4/c1-15-23-18(14-30-15)17-4-2-16(3-5-17)6-8-22-21(25)20-19(7-11-29-20)31(26,27)24-9-12-28-13-10-24/h2-5,7,11,14H,6,8-10,12-13H2,1H3,(H,22,25). The molecule has 3 aromatic rings. The zero-order valence-electron chi connectivity index (χ0n) is 17.0. The maximum atomic E-state index is 13.0. The van der Waals surface area contributed by atoms with E-state index in [4.69, 9.17) is 0 Å². The molecule has 0 atom stereocenters. The van der Waals surface area contributed by atoms with E-state index in [1.54, 1.807) is 28.5 Å². The number of thiazole rings is 1. The van der Waals surface area contributed by atoms with Crippen LogP contribution in [0.4, 0.5) is 0 Å². The highest BCUT2D eigenvalue weighted by atomic mass is 32.2. The van der Waals surface area contributed by atoms with Crippen LogP contribution >= 0.6 is 34.4 Å². The Bertz CT molecular complexity index is 1150. The summed E-state index contributed by atoms with van der Waals surface area (Å²) in [6.45, 7) is 3.40. The van der Waals surface area contributed by atoms with Gasteiger partial charge in [-0.2, -0.15) is 16.1 Å². The summed E-state index contributed by atoms with van der Waals surface area (Å²) in [7, 11) is -3.64. The molecule has 1 aliphatic rings. The lowest BCUT2D eigenvalue weighted by Gasteiger charge is -2.25. The van der Waals surface area contributed by atoms with Gasteiger partial charge in [0.1, 0.15) is 9.77 Å². The summed E-state index contributed by atoms with van der Waals surface area (Å²) in [5.41, 5.74) is 3.14. The van der Waals surface area contributed by atoms with Crippen LogP contribution < -0.4 is 5.32 Å². The van der Waals surface area contributed by atoms with Crippen molar-refractivity contribution >= 4 is 50.4 Å². The van der Waals surface area contributed by atoms with Gasteiger partial charge in [0.05, 0.1) is 10.7 Å². The summed E-state index contributed by atoms with van der Waals surface area (Å²) in [6.07, 6.45) is 0.666. The van der Waals surface area contributed by atoms with E-state index >= 15 is 0 Å². The molecule has 0 radical (unpaired) electrons. The molecule has 1 amide bonds. The van der Waals surface area contributed by atoms with Crippen LogP contribution in [0.15, 0.2) is 46.0 Å². The molecule has 1 fully saturated rings. The van der Waals surface area contributed by atoms with Crippen LogP contribution in [-0.4, -0.2) is 54.8 Å². The van der Waals surface area contributed by atoms with E-state index in [2.05, 4.69) is 10.3 Å². The number of thioether (sulfide) groups is 1. The van der Waals surface area contributed by atoms with Crippen molar-refractivity contribution in [1.82, 2.24) is 14.6 Å². The van der Waals surface area contributed by atoms with E-state index in [-0.39, 0.29) is 15.7 Å². The average Bonchev–Trinajstić information content (AvgIpc) is 3.45. The fraction of sp³-hybridized carbons (Fsp3) is 0.333. The monoisotopic (exact) mass is 493 g/mol. The van der Waals surface area contributed by atoms with Gasteiger partial charge in [-0.15, -0.1) is 22.7 Å². The van der Waals surface area contributed by atoms with E-state index in [0.717, 1.165) is 33.3 Å². The Kier molecular flexibility index (Phi) is 7.12. The van der Waals surface area contributed by atoms with Crippen molar-refractivity contribution in [1.29, 1.82) is 0 Å². The minimum Gasteiger partial charge on any atom is -0.351 e. The summed E-state index contributed by atoms with van der Waals surface area (Å²) in [6, 6.07) is 9.67. The van der Waals surface area contributed by atoms with E-state index < -0.39 is 10.0 Å². The van der Waals surface area contributed by atoms with E-state index in [9.17, 15) is 13.2 Å². The van der Waals surface area contributed by atoms with Crippen molar-refractivity contribution in [2.24, 2.45) is 0 Å². The van der Waals surface area contributed by atoms with Crippen molar-refractivity contribution in [3.63, 3.8) is 0 Å². The number of thiophene rings is 1. The minimum absolute atomic E-state index is 0.116. The number of amides is 1. The number of aromatic nitrogens is 1. The fourth-order valence-electron chi connectivity index (χ4n) is 3.33. The molecule has 0 unspecified atom stereocenters. The summed E-state index contributed by atoms with van der Waals surface area (Å²) in [5.74, 6) is 1.23. The molecule has 0 aliphatic carbocycles. The summed E-state index contributed by atoms with van der Waals surface area (Å²) in [4.78, 5) is 17.6. The topological polar surface area (TPSA) is 79.4 Å². The number of carbonyl (C=O) groups is 1. The second kappa shape index (κ2) is 9.83. The van der Waals surface area contributed by atoms with E-state index in [1.807, 2.05) is 36.6 Å². The van der Waals surface area contributed by atoms with Gasteiger partial charge in [-0.05, 0) is 30.4 Å². The zero-order valence-corrected chi connectivity index (χ0v) is 20.3. The fourth-order valence-corrected chi connectivity index (χ4v) is 7.85. The first-order valence-electron chi connectivity index (χ1n) is 9.90. The smallest absolute Gasteiger partial charge is 0.262 e. The Morgan fingerprint density at radius 1 is 1.13 bits per heavy atom. The maximum absolute atomic E-state index is 13.0. The van der Waals surface area contributed by atoms with E-state index in [1.165, 1.54) is 21.7 Å². The predicted molar refractivity (Wildman–Crippen MR) is 129 cm³/mol. The van der Waals surface area contributed by atoms with Crippen molar-refractivity contribution in [2.45, 2.75) is 18.2 Å². The van der Waals surface area contributed by atoms with Gasteiger partial charge in [-0.1, -0.05) is 24.3 Å². The Morgan fingerprint density at radius 2 is 1.87 bits per heavy atom. The highest BCUT2D eigenvalue weighted by Crippen LogP contribution is 2.27. The SMILES string of the molecule is Cc1nc(-c2ccc(CCNC(=O)c3sccc3S(=O)(=O)N3CCSCC3)cc2)cs1. The molecule has 1 aromatic carbocycles. The van der Waals surface area contributed by atoms with Gasteiger partial charge in [-0.3, -0.25) is 4.79 Å². The molecule has 31 heavy (non-hydrogen) atoms. The molecule has 0 bridgehead atoms. The lowest BCUT2D eigenvalue weighted by molar-refractivity contribution is 0.0955. The largest absolute Gasteiger partial charge is 0.351 e. The Hall–Kier alpha value is -1.72. The second-order valence-electron chi connectivity index (χ2n) is 7.09. The number of rotatable bonds is 7. The molecular weight excluding hydrogens is 471 g/mol. The van der Waals surface area contributed by atoms with Crippen LogP contribution in [0, 0.1) is 6.92 Å². The molecular formula is C21H23N3O3S4. The Labute approximate surface area is 194 Å². The molecule has 1 N–H and O–H groups in total. The van der Waals surface area contributed by atoms with Gasteiger partial charge in [0.25, 0.3) is 5.91 Å². The third-order valence-electron chi connectivity index (χ3n) is 4.99. The molecule has 4 rings (SSSR count). The molecule has 2 aromatic heterocycles. The average molecular weight is 494 g/mol. The lowest BCUT2D eigenvalue weighted by Crippen LogP contribution is -2.38. The first-order valence-corrected chi connectivity index (χ1v) is 14.3. The van der Waals surface area contributed by atoms with Crippen LogP contribution in [-0.2, 0) is 16.4 Å². The highest BCUT2D eigenvalue weighted by Gasteiger charge is 2.31. The van der Waals surface area contributed by atoms with Crippen molar-refractivity contribution in [2.75, 3.05) is 31.1 Å². The molecule has 164 valence electrons. The number of hydrogen-bond donors (Lipinski definition) is 1. The van der Waals surface area contributed by atoms with Crippen molar-refractivity contribution in [3.8, 4) is 11.3 Å². The van der Waals surface area contributed by atoms with Crippen LogP contribution in [0.5, 0.6) is 0 Å². The number of hydrogen-bond acceptors (Lipinski definition) is 7. The Morgan fingerprint density at radius 3 is 2.55 bits per heavy atom. The Balaban J connectivity index is 1.36. The van der Waals surface area contributed by atoms with Gasteiger partial charge in [-0.25, -0.2) is 13.4 Å². The molecule has 0 saturated carbocycles. The molecule has 0 spiro atoms. The zero-order chi connectivity index (χ0) is 21.8.